The van der Waals surface area contributed by atoms with Crippen molar-refractivity contribution in [3.05, 3.63) is 29.3 Å². The number of benzene rings is 1. The summed E-state index contributed by atoms with van der Waals surface area (Å²) in [5, 5.41) is 0. The van der Waals surface area contributed by atoms with Gasteiger partial charge in [-0.25, -0.2) is 0 Å². The number of nitrogens with zero attached hydrogens (tertiary/aromatic N) is 1. The number of methoxy groups -OCH3 is 1. The molecule has 100 valence electrons. The quantitative estimate of drug-likeness (QED) is 0.799. The van der Waals surface area contributed by atoms with E-state index in [2.05, 4.69) is 30.0 Å². The van der Waals surface area contributed by atoms with Crippen LogP contribution in [-0.2, 0) is 11.2 Å². The van der Waals surface area contributed by atoms with E-state index in [1.807, 2.05) is 0 Å². The molecule has 0 radical (unpaired) electrons. The fourth-order valence-electron chi connectivity index (χ4n) is 2.38. The van der Waals surface area contributed by atoms with Crippen LogP contribution < -0.4 is 4.74 Å². The zero-order chi connectivity index (χ0) is 12.8. The summed E-state index contributed by atoms with van der Waals surface area (Å²) in [6, 6.07) is 6.46. The Labute approximate surface area is 110 Å². The van der Waals surface area contributed by atoms with Gasteiger partial charge in [-0.15, -0.1) is 0 Å². The maximum atomic E-state index is 5.44. The van der Waals surface area contributed by atoms with E-state index in [9.17, 15) is 0 Å². The lowest BCUT2D eigenvalue weighted by molar-refractivity contribution is 0.0374. The van der Waals surface area contributed by atoms with Gasteiger partial charge in [-0.2, -0.15) is 0 Å². The van der Waals surface area contributed by atoms with Crippen LogP contribution in [0.2, 0.25) is 0 Å². The molecule has 0 unspecified atom stereocenters. The van der Waals surface area contributed by atoms with Crippen molar-refractivity contribution in [1.29, 1.82) is 0 Å². The average molecular weight is 249 g/mol. The molecule has 2 rings (SSSR count). The fourth-order valence-corrected chi connectivity index (χ4v) is 2.38. The lowest BCUT2D eigenvalue weighted by atomic mass is 10.1. The Morgan fingerprint density at radius 1 is 1.28 bits per heavy atom. The van der Waals surface area contributed by atoms with E-state index in [0.29, 0.717) is 0 Å². The first-order valence-electron chi connectivity index (χ1n) is 6.73. The zero-order valence-corrected chi connectivity index (χ0v) is 11.4. The summed E-state index contributed by atoms with van der Waals surface area (Å²) in [5.41, 5.74) is 2.57. The molecular weight excluding hydrogens is 226 g/mol. The monoisotopic (exact) mass is 249 g/mol. The fraction of sp³-hybridized carbons (Fsp3) is 0.600. The first-order valence-corrected chi connectivity index (χ1v) is 6.73. The lowest BCUT2D eigenvalue weighted by Gasteiger charge is -2.26. The summed E-state index contributed by atoms with van der Waals surface area (Å²) < 4.78 is 10.8. The molecule has 1 aromatic carbocycles. The highest BCUT2D eigenvalue weighted by molar-refractivity contribution is 5.37. The highest BCUT2D eigenvalue weighted by Gasteiger charge is 2.10. The molecule has 3 nitrogen and oxygen atoms in total. The molecule has 0 bridgehead atoms. The average Bonchev–Trinajstić information content (AvgIpc) is 2.41. The van der Waals surface area contributed by atoms with Gasteiger partial charge in [0.25, 0.3) is 0 Å². The normalized spacial score (nSPS) is 16.8. The largest absolute Gasteiger partial charge is 0.496 e. The van der Waals surface area contributed by atoms with Crippen LogP contribution in [0.5, 0.6) is 5.75 Å². The van der Waals surface area contributed by atoms with Crippen LogP contribution in [0.4, 0.5) is 0 Å². The van der Waals surface area contributed by atoms with Crippen LogP contribution in [0.15, 0.2) is 18.2 Å². The van der Waals surface area contributed by atoms with E-state index in [-0.39, 0.29) is 0 Å². The summed E-state index contributed by atoms with van der Waals surface area (Å²) in [7, 11) is 1.75. The second-order valence-electron chi connectivity index (χ2n) is 4.87. The summed E-state index contributed by atoms with van der Waals surface area (Å²) in [6.45, 7) is 7.16. The Kier molecular flexibility index (Phi) is 5.02. The van der Waals surface area contributed by atoms with Crippen molar-refractivity contribution in [3.63, 3.8) is 0 Å². The van der Waals surface area contributed by atoms with Crippen molar-refractivity contribution in [2.24, 2.45) is 0 Å². The minimum atomic E-state index is 0.883. The Morgan fingerprint density at radius 3 is 2.78 bits per heavy atom. The number of aryl methyl sites for hydroxylation is 2. The van der Waals surface area contributed by atoms with E-state index in [1.165, 1.54) is 17.5 Å². The minimum Gasteiger partial charge on any atom is -0.496 e. The predicted molar refractivity (Wildman–Crippen MR) is 73.3 cm³/mol. The van der Waals surface area contributed by atoms with Gasteiger partial charge < -0.3 is 9.47 Å². The second-order valence-corrected chi connectivity index (χ2v) is 4.87. The molecule has 0 N–H and O–H groups in total. The Hall–Kier alpha value is -1.06. The molecule has 3 heteroatoms. The molecule has 1 heterocycles. The standard InChI is InChI=1S/C15H23NO2/c1-13-5-6-14(15(12-13)17-2)4-3-7-16-8-10-18-11-9-16/h5-6,12H,3-4,7-11H2,1-2H3. The van der Waals surface area contributed by atoms with E-state index >= 15 is 0 Å². The van der Waals surface area contributed by atoms with Gasteiger partial charge in [-0.3, -0.25) is 4.90 Å². The van der Waals surface area contributed by atoms with E-state index < -0.39 is 0 Å². The highest BCUT2D eigenvalue weighted by Crippen LogP contribution is 2.21. The Balaban J connectivity index is 1.82. The molecule has 0 spiro atoms. The van der Waals surface area contributed by atoms with Crippen molar-refractivity contribution < 1.29 is 9.47 Å². The summed E-state index contributed by atoms with van der Waals surface area (Å²) >= 11 is 0. The van der Waals surface area contributed by atoms with Crippen LogP contribution in [0.1, 0.15) is 17.5 Å². The van der Waals surface area contributed by atoms with Crippen LogP contribution in [0.25, 0.3) is 0 Å². The molecule has 0 amide bonds. The molecule has 18 heavy (non-hydrogen) atoms. The SMILES string of the molecule is COc1cc(C)ccc1CCCN1CCOCC1. The molecule has 0 atom stereocenters. The highest BCUT2D eigenvalue weighted by atomic mass is 16.5. The van der Waals surface area contributed by atoms with Crippen molar-refractivity contribution >= 4 is 0 Å². The van der Waals surface area contributed by atoms with E-state index in [4.69, 9.17) is 9.47 Å². The van der Waals surface area contributed by atoms with Crippen LogP contribution in [0.3, 0.4) is 0 Å². The number of morpholine rings is 1. The summed E-state index contributed by atoms with van der Waals surface area (Å²) in [5.74, 6) is 1.02. The molecule has 0 aromatic heterocycles. The molecule has 0 saturated carbocycles. The minimum absolute atomic E-state index is 0.883. The first kappa shape index (κ1) is 13.4. The third-order valence-electron chi connectivity index (χ3n) is 3.47. The molecule has 1 aliphatic rings. The van der Waals surface area contributed by atoms with Gasteiger partial charge in [0, 0.05) is 13.1 Å². The summed E-state index contributed by atoms with van der Waals surface area (Å²) in [4.78, 5) is 2.48. The van der Waals surface area contributed by atoms with E-state index in [1.54, 1.807) is 7.11 Å². The number of ether oxygens (including phenoxy) is 2. The molecule has 1 saturated heterocycles. The molecule has 0 aliphatic carbocycles. The Bertz CT molecular complexity index is 373. The van der Waals surface area contributed by atoms with Gasteiger partial charge in [0.15, 0.2) is 0 Å². The molecular formula is C15H23NO2. The van der Waals surface area contributed by atoms with Gasteiger partial charge in [0.2, 0.25) is 0 Å². The van der Waals surface area contributed by atoms with Gasteiger partial charge >= 0.3 is 0 Å². The van der Waals surface area contributed by atoms with Gasteiger partial charge in [-0.05, 0) is 43.5 Å². The number of rotatable bonds is 5. The van der Waals surface area contributed by atoms with Gasteiger partial charge in [-0.1, -0.05) is 12.1 Å². The van der Waals surface area contributed by atoms with Crippen LogP contribution in [0, 0.1) is 6.92 Å². The topological polar surface area (TPSA) is 21.7 Å². The third kappa shape index (κ3) is 3.72. The van der Waals surface area contributed by atoms with Crippen LogP contribution in [-0.4, -0.2) is 44.9 Å². The smallest absolute Gasteiger partial charge is 0.122 e. The maximum Gasteiger partial charge on any atom is 0.122 e. The van der Waals surface area contributed by atoms with Crippen molar-refractivity contribution in [1.82, 2.24) is 4.90 Å². The van der Waals surface area contributed by atoms with Gasteiger partial charge in [0.1, 0.15) is 5.75 Å². The predicted octanol–water partition coefficient (Wildman–Crippen LogP) is 2.27. The van der Waals surface area contributed by atoms with Crippen molar-refractivity contribution in [2.75, 3.05) is 40.0 Å². The molecule has 1 aliphatic heterocycles. The Morgan fingerprint density at radius 2 is 2.06 bits per heavy atom. The van der Waals surface area contributed by atoms with Gasteiger partial charge in [0.05, 0.1) is 20.3 Å². The number of hydrogen-bond acceptors (Lipinski definition) is 3. The zero-order valence-electron chi connectivity index (χ0n) is 11.4. The van der Waals surface area contributed by atoms with Crippen molar-refractivity contribution in [3.8, 4) is 5.75 Å². The summed E-state index contributed by atoms with van der Waals surface area (Å²) in [6.07, 6.45) is 2.26. The lowest BCUT2D eigenvalue weighted by Crippen LogP contribution is -2.36. The third-order valence-corrected chi connectivity index (χ3v) is 3.47. The molecule has 1 fully saturated rings. The maximum absolute atomic E-state index is 5.44. The molecule has 1 aromatic rings. The van der Waals surface area contributed by atoms with Crippen molar-refractivity contribution in [2.45, 2.75) is 19.8 Å². The van der Waals surface area contributed by atoms with E-state index in [0.717, 1.165) is 45.0 Å². The number of hydrogen-bond donors (Lipinski definition) is 0. The van der Waals surface area contributed by atoms with Crippen LogP contribution >= 0.6 is 0 Å². The second kappa shape index (κ2) is 6.76. The first-order chi connectivity index (χ1) is 8.79.